The van der Waals surface area contributed by atoms with Gasteiger partial charge >= 0.3 is 0 Å². The normalized spacial score (nSPS) is 15.5. The van der Waals surface area contributed by atoms with Crippen LogP contribution in [0.4, 0.5) is 4.39 Å². The van der Waals surface area contributed by atoms with Gasteiger partial charge < -0.3 is 4.90 Å². The second kappa shape index (κ2) is 8.75. The van der Waals surface area contributed by atoms with Crippen LogP contribution in [0.3, 0.4) is 0 Å². The van der Waals surface area contributed by atoms with Gasteiger partial charge in [-0.05, 0) is 61.0 Å². The van der Waals surface area contributed by atoms with E-state index < -0.39 is 0 Å². The molecule has 4 aromatic rings. The third-order valence-corrected chi connectivity index (χ3v) is 7.32. The molecule has 0 bridgehead atoms. The van der Waals surface area contributed by atoms with Crippen LogP contribution < -0.4 is 0 Å². The Morgan fingerprint density at radius 2 is 2.09 bits per heavy atom. The highest BCUT2D eigenvalue weighted by Gasteiger charge is 2.30. The molecular formula is C24H24BrFN4OS. The molecule has 0 N–H and O–H groups in total. The quantitative estimate of drug-likeness (QED) is 0.321. The number of rotatable bonds is 3. The number of halogens is 2. The van der Waals surface area contributed by atoms with Gasteiger partial charge in [0.05, 0.1) is 11.7 Å². The number of fused-ring (bicyclic) bond motifs is 2. The average Bonchev–Trinajstić information content (AvgIpc) is 3.40. The molecule has 1 aliphatic rings. The zero-order valence-corrected chi connectivity index (χ0v) is 19.5. The number of aromatic nitrogens is 3. The topological polar surface area (TPSA) is 50.5 Å². The molecule has 5 nitrogen and oxygen atoms in total. The van der Waals surface area contributed by atoms with Crippen molar-refractivity contribution in [2.75, 3.05) is 6.54 Å². The van der Waals surface area contributed by atoms with Crippen LogP contribution in [0, 0.1) is 5.82 Å². The summed E-state index contributed by atoms with van der Waals surface area (Å²) < 4.78 is 16.8. The molecule has 0 aliphatic carbocycles. The smallest absolute Gasteiger partial charge is 0.273 e. The fraction of sp³-hybridized carbons (Fsp3) is 0.292. The zero-order valence-electron chi connectivity index (χ0n) is 17.1. The van der Waals surface area contributed by atoms with Gasteiger partial charge in [-0.25, -0.2) is 13.9 Å². The first-order chi connectivity index (χ1) is 15.0. The van der Waals surface area contributed by atoms with E-state index in [9.17, 15) is 9.18 Å². The van der Waals surface area contributed by atoms with E-state index >= 15 is 0 Å². The van der Waals surface area contributed by atoms with Crippen molar-refractivity contribution >= 4 is 38.8 Å². The summed E-state index contributed by atoms with van der Waals surface area (Å²) in [6.45, 7) is 4.75. The summed E-state index contributed by atoms with van der Waals surface area (Å²) in [4.78, 5) is 21.2. The molecule has 1 atom stereocenters. The Labute approximate surface area is 199 Å². The number of carbonyl (C=O) groups excluding carboxylic acids is 1. The summed E-state index contributed by atoms with van der Waals surface area (Å²) in [6.07, 6.45) is 1.54. The predicted octanol–water partition coefficient (Wildman–Crippen LogP) is 6.32. The monoisotopic (exact) mass is 514 g/mol. The summed E-state index contributed by atoms with van der Waals surface area (Å²) in [5.74, 6) is -0.444. The van der Waals surface area contributed by atoms with Crippen LogP contribution in [-0.4, -0.2) is 31.9 Å². The van der Waals surface area contributed by atoms with Crippen molar-refractivity contribution in [1.82, 2.24) is 19.5 Å². The minimum Gasteiger partial charge on any atom is -0.330 e. The van der Waals surface area contributed by atoms with Crippen molar-refractivity contribution < 1.29 is 9.18 Å². The lowest BCUT2D eigenvalue weighted by molar-refractivity contribution is 0.0673. The molecule has 5 rings (SSSR count). The lowest BCUT2D eigenvalue weighted by Crippen LogP contribution is -2.38. The molecule has 4 heterocycles. The maximum Gasteiger partial charge on any atom is 0.273 e. The summed E-state index contributed by atoms with van der Waals surface area (Å²) in [5.41, 5.74) is 3.92. The van der Waals surface area contributed by atoms with Crippen molar-refractivity contribution in [3.8, 4) is 11.3 Å². The number of amides is 1. The molecule has 166 valence electrons. The molecule has 1 aromatic carbocycles. The van der Waals surface area contributed by atoms with Crippen LogP contribution in [-0.2, 0) is 12.8 Å². The molecule has 1 amide bonds. The van der Waals surface area contributed by atoms with Gasteiger partial charge in [-0.3, -0.25) is 4.79 Å². The highest BCUT2D eigenvalue weighted by Crippen LogP contribution is 2.34. The van der Waals surface area contributed by atoms with Gasteiger partial charge in [-0.15, -0.1) is 11.3 Å². The van der Waals surface area contributed by atoms with E-state index in [0.29, 0.717) is 40.0 Å². The third kappa shape index (κ3) is 3.75. The van der Waals surface area contributed by atoms with Gasteiger partial charge in [0, 0.05) is 33.2 Å². The standard InChI is InChI=1S/C23H20BrFN4OS.CH4/c1-3-15-11-20(23(30)28-8-6-21-16(13(28)2)7-9-31-21)26-22-12-19(27-29(15)22)17-5-4-14(24)10-18(17)25;/h4-5,7,9-13H,3,6,8H2,1-2H3;1H4/t13-;/m1./s1. The van der Waals surface area contributed by atoms with Gasteiger partial charge in [0.1, 0.15) is 11.5 Å². The summed E-state index contributed by atoms with van der Waals surface area (Å²) >= 11 is 5.03. The Balaban J connectivity index is 0.00000245. The van der Waals surface area contributed by atoms with E-state index in [-0.39, 0.29) is 25.2 Å². The van der Waals surface area contributed by atoms with Crippen molar-refractivity contribution in [2.45, 2.75) is 40.2 Å². The van der Waals surface area contributed by atoms with Crippen LogP contribution in [0.15, 0.2) is 46.3 Å². The van der Waals surface area contributed by atoms with E-state index in [2.05, 4.69) is 44.4 Å². The first kappa shape index (κ1) is 22.6. The van der Waals surface area contributed by atoms with Crippen LogP contribution in [0.1, 0.15) is 53.9 Å². The minimum absolute atomic E-state index is 0. The first-order valence-electron chi connectivity index (χ1n) is 10.2. The number of hydrogen-bond donors (Lipinski definition) is 0. The Hall–Kier alpha value is -2.58. The Kier molecular flexibility index (Phi) is 6.18. The van der Waals surface area contributed by atoms with E-state index in [1.165, 1.54) is 16.5 Å². The Morgan fingerprint density at radius 3 is 2.84 bits per heavy atom. The van der Waals surface area contributed by atoms with Crippen LogP contribution in [0.5, 0.6) is 0 Å². The highest BCUT2D eigenvalue weighted by molar-refractivity contribution is 9.10. The molecular weight excluding hydrogens is 491 g/mol. The summed E-state index contributed by atoms with van der Waals surface area (Å²) in [5, 5.41) is 6.66. The van der Waals surface area contributed by atoms with Gasteiger partial charge in [0.2, 0.25) is 0 Å². The largest absolute Gasteiger partial charge is 0.330 e. The van der Waals surface area contributed by atoms with E-state index in [0.717, 1.165) is 12.1 Å². The number of hydrogen-bond acceptors (Lipinski definition) is 4. The SMILES string of the molecule is C.CCc1cc(C(=O)N2CCc3sccc3[C@H]2C)nc2cc(-c3ccc(Br)cc3F)nn12. The van der Waals surface area contributed by atoms with Crippen molar-refractivity contribution in [3.63, 3.8) is 0 Å². The van der Waals surface area contributed by atoms with Crippen LogP contribution in [0.25, 0.3) is 16.9 Å². The summed E-state index contributed by atoms with van der Waals surface area (Å²) in [6, 6.07) is 10.5. The van der Waals surface area contributed by atoms with Crippen molar-refractivity contribution in [2.24, 2.45) is 0 Å². The number of carbonyl (C=O) groups is 1. The third-order valence-electron chi connectivity index (χ3n) is 5.83. The lowest BCUT2D eigenvalue weighted by Gasteiger charge is -2.33. The molecule has 1 aliphatic heterocycles. The van der Waals surface area contributed by atoms with Gasteiger partial charge in [-0.1, -0.05) is 30.3 Å². The number of benzene rings is 1. The molecule has 32 heavy (non-hydrogen) atoms. The van der Waals surface area contributed by atoms with E-state index in [1.807, 2.05) is 11.8 Å². The van der Waals surface area contributed by atoms with Crippen molar-refractivity contribution in [1.29, 1.82) is 0 Å². The lowest BCUT2D eigenvalue weighted by atomic mass is 10.0. The van der Waals surface area contributed by atoms with E-state index in [1.54, 1.807) is 40.1 Å². The molecule has 0 saturated carbocycles. The van der Waals surface area contributed by atoms with Gasteiger partial charge in [0.15, 0.2) is 5.65 Å². The highest BCUT2D eigenvalue weighted by atomic mass is 79.9. The van der Waals surface area contributed by atoms with Crippen LogP contribution >= 0.6 is 27.3 Å². The maximum atomic E-state index is 14.5. The zero-order chi connectivity index (χ0) is 21.7. The number of thiophene rings is 1. The minimum atomic E-state index is -0.360. The number of aryl methyl sites for hydroxylation is 1. The molecule has 0 spiro atoms. The number of nitrogens with zero attached hydrogens (tertiary/aromatic N) is 4. The fourth-order valence-electron chi connectivity index (χ4n) is 4.16. The first-order valence-corrected chi connectivity index (χ1v) is 11.9. The van der Waals surface area contributed by atoms with E-state index in [4.69, 9.17) is 0 Å². The Bertz CT molecular complexity index is 1310. The second-order valence-electron chi connectivity index (χ2n) is 7.63. The van der Waals surface area contributed by atoms with Crippen molar-refractivity contribution in [3.05, 3.63) is 73.9 Å². The molecule has 8 heteroatoms. The average molecular weight is 515 g/mol. The Morgan fingerprint density at radius 1 is 1.28 bits per heavy atom. The van der Waals surface area contributed by atoms with Gasteiger partial charge in [-0.2, -0.15) is 5.10 Å². The van der Waals surface area contributed by atoms with Crippen LogP contribution in [0.2, 0.25) is 0 Å². The predicted molar refractivity (Wildman–Crippen MR) is 130 cm³/mol. The summed E-state index contributed by atoms with van der Waals surface area (Å²) in [7, 11) is 0. The molecule has 0 unspecified atom stereocenters. The maximum absolute atomic E-state index is 14.5. The molecule has 0 fully saturated rings. The molecule has 0 saturated heterocycles. The molecule has 0 radical (unpaired) electrons. The second-order valence-corrected chi connectivity index (χ2v) is 9.55. The van der Waals surface area contributed by atoms with Gasteiger partial charge in [0.25, 0.3) is 5.91 Å². The fourth-order valence-corrected chi connectivity index (χ4v) is 5.46. The molecule has 3 aromatic heterocycles.